The minimum absolute atomic E-state index is 0.465. The molecule has 0 saturated heterocycles. The maximum atomic E-state index is 5.78. The molecule has 0 unspecified atom stereocenters. The van der Waals surface area contributed by atoms with E-state index >= 15 is 0 Å². The molecule has 0 fully saturated rings. The molecule has 0 spiro atoms. The topological polar surface area (TPSA) is 75.2 Å². The Morgan fingerprint density at radius 1 is 1.26 bits per heavy atom. The number of ether oxygens (including phenoxy) is 2. The fourth-order valence-corrected chi connectivity index (χ4v) is 1.96. The third kappa shape index (κ3) is 1.99. The summed E-state index contributed by atoms with van der Waals surface area (Å²) < 4.78 is 17.9. The van der Waals surface area contributed by atoms with Crippen LogP contribution >= 0.6 is 0 Å². The van der Waals surface area contributed by atoms with Gasteiger partial charge < -0.3 is 13.9 Å². The number of aromatic nitrogens is 4. The van der Waals surface area contributed by atoms with Crippen LogP contribution in [0.1, 0.15) is 5.76 Å². The number of fused-ring (bicyclic) bond motifs is 1. The van der Waals surface area contributed by atoms with Crippen molar-refractivity contribution in [3.05, 3.63) is 30.3 Å². The Kier molecular flexibility index (Phi) is 2.79. The van der Waals surface area contributed by atoms with Gasteiger partial charge in [-0.25, -0.2) is 4.68 Å². The highest BCUT2D eigenvalue weighted by Gasteiger charge is 2.14. The Morgan fingerprint density at radius 2 is 2.16 bits per heavy atom. The summed E-state index contributed by atoms with van der Waals surface area (Å²) in [4.78, 5) is 0. The lowest BCUT2D eigenvalue weighted by Crippen LogP contribution is -1.98. The molecule has 0 aliphatic heterocycles. The van der Waals surface area contributed by atoms with Crippen molar-refractivity contribution in [2.75, 3.05) is 14.2 Å². The Balaban J connectivity index is 2.05. The number of nitrogens with zero attached hydrogens (tertiary/aromatic N) is 4. The molecule has 0 atom stereocenters. The zero-order chi connectivity index (χ0) is 13.2. The monoisotopic (exact) mass is 260 g/mol. The van der Waals surface area contributed by atoms with Gasteiger partial charge in [-0.2, -0.15) is 0 Å². The van der Waals surface area contributed by atoms with E-state index in [1.807, 2.05) is 18.2 Å². The molecule has 3 aromatic rings. The van der Waals surface area contributed by atoms with Crippen LogP contribution in [-0.2, 0) is 6.54 Å². The van der Waals surface area contributed by atoms with E-state index in [0.29, 0.717) is 23.6 Å². The molecule has 0 N–H and O–H groups in total. The maximum Gasteiger partial charge on any atom is 0.204 e. The van der Waals surface area contributed by atoms with Crippen LogP contribution in [0.15, 0.2) is 28.9 Å². The summed E-state index contributed by atoms with van der Waals surface area (Å²) in [7, 11) is 3.18. The molecule has 3 rings (SSSR count). The Labute approximate surface area is 108 Å². The second-order valence-corrected chi connectivity index (χ2v) is 3.94. The van der Waals surface area contributed by atoms with E-state index in [-0.39, 0.29) is 0 Å². The second-order valence-electron chi connectivity index (χ2n) is 3.94. The molecule has 0 aliphatic rings. The summed E-state index contributed by atoms with van der Waals surface area (Å²) in [6.45, 7) is 0.465. The Morgan fingerprint density at radius 3 is 2.84 bits per heavy atom. The van der Waals surface area contributed by atoms with Gasteiger partial charge >= 0.3 is 0 Å². The van der Waals surface area contributed by atoms with Crippen LogP contribution in [0, 0.1) is 0 Å². The molecule has 0 bridgehead atoms. The van der Waals surface area contributed by atoms with Crippen LogP contribution in [0.4, 0.5) is 0 Å². The van der Waals surface area contributed by atoms with Crippen LogP contribution in [-0.4, -0.2) is 34.4 Å². The van der Waals surface area contributed by atoms with E-state index in [1.165, 1.54) is 6.33 Å². The van der Waals surface area contributed by atoms with Crippen molar-refractivity contribution in [2.24, 2.45) is 0 Å². The molecule has 2 heterocycles. The SMILES string of the molecule is COc1ccc2cc(Cn3cnnn3)oc2c1OC. The van der Waals surface area contributed by atoms with Gasteiger partial charge in [0.15, 0.2) is 11.3 Å². The van der Waals surface area contributed by atoms with Gasteiger partial charge in [-0.3, -0.25) is 0 Å². The predicted molar refractivity (Wildman–Crippen MR) is 66.2 cm³/mol. The van der Waals surface area contributed by atoms with E-state index in [0.717, 1.165) is 11.1 Å². The van der Waals surface area contributed by atoms with Crippen molar-refractivity contribution in [3.63, 3.8) is 0 Å². The molecular formula is C12H12N4O3. The van der Waals surface area contributed by atoms with Crippen LogP contribution in [0.25, 0.3) is 11.0 Å². The van der Waals surface area contributed by atoms with Gasteiger partial charge in [0, 0.05) is 5.39 Å². The number of tetrazole rings is 1. The van der Waals surface area contributed by atoms with E-state index in [9.17, 15) is 0 Å². The number of methoxy groups -OCH3 is 2. The van der Waals surface area contributed by atoms with Gasteiger partial charge in [0.1, 0.15) is 18.6 Å². The number of rotatable bonds is 4. The quantitative estimate of drug-likeness (QED) is 0.707. The zero-order valence-corrected chi connectivity index (χ0v) is 10.5. The number of hydrogen-bond donors (Lipinski definition) is 0. The molecule has 19 heavy (non-hydrogen) atoms. The molecule has 1 aromatic carbocycles. The third-order valence-electron chi connectivity index (χ3n) is 2.79. The number of benzene rings is 1. The van der Waals surface area contributed by atoms with Crippen molar-refractivity contribution >= 4 is 11.0 Å². The minimum Gasteiger partial charge on any atom is -0.493 e. The van der Waals surface area contributed by atoms with Crippen molar-refractivity contribution in [1.29, 1.82) is 0 Å². The standard InChI is InChI=1S/C12H12N4O3/c1-17-10-4-3-8-5-9(6-16-7-13-14-15-16)19-11(8)12(10)18-2/h3-5,7H,6H2,1-2H3. The third-order valence-corrected chi connectivity index (χ3v) is 2.79. The molecule has 0 aliphatic carbocycles. The first-order chi connectivity index (χ1) is 9.31. The molecule has 7 nitrogen and oxygen atoms in total. The molecule has 0 saturated carbocycles. The first-order valence-corrected chi connectivity index (χ1v) is 5.66. The van der Waals surface area contributed by atoms with Crippen LogP contribution in [0.2, 0.25) is 0 Å². The van der Waals surface area contributed by atoms with Gasteiger partial charge in [-0.05, 0) is 28.6 Å². The summed E-state index contributed by atoms with van der Waals surface area (Å²) in [5.41, 5.74) is 0.657. The highest BCUT2D eigenvalue weighted by Crippen LogP contribution is 2.37. The maximum absolute atomic E-state index is 5.78. The van der Waals surface area contributed by atoms with Crippen LogP contribution in [0.5, 0.6) is 11.5 Å². The Hall–Kier alpha value is -2.57. The highest BCUT2D eigenvalue weighted by molar-refractivity contribution is 5.86. The summed E-state index contributed by atoms with van der Waals surface area (Å²) in [6, 6.07) is 5.69. The highest BCUT2D eigenvalue weighted by atomic mass is 16.5. The molecule has 7 heteroatoms. The smallest absolute Gasteiger partial charge is 0.204 e. The van der Waals surface area contributed by atoms with Gasteiger partial charge in [-0.15, -0.1) is 5.10 Å². The fourth-order valence-electron chi connectivity index (χ4n) is 1.96. The lowest BCUT2D eigenvalue weighted by atomic mass is 10.2. The van der Waals surface area contributed by atoms with Gasteiger partial charge in [0.2, 0.25) is 5.75 Å². The second kappa shape index (κ2) is 4.60. The van der Waals surface area contributed by atoms with Crippen molar-refractivity contribution in [1.82, 2.24) is 20.2 Å². The average molecular weight is 260 g/mol. The van der Waals surface area contributed by atoms with Gasteiger partial charge in [0.25, 0.3) is 0 Å². The lowest BCUT2D eigenvalue weighted by molar-refractivity contribution is 0.352. The summed E-state index contributed by atoms with van der Waals surface area (Å²) in [5, 5.41) is 11.9. The Bertz CT molecular complexity index is 690. The van der Waals surface area contributed by atoms with Crippen LogP contribution in [0.3, 0.4) is 0 Å². The summed E-state index contributed by atoms with van der Waals surface area (Å²) in [5.74, 6) is 1.97. The molecule has 2 aromatic heterocycles. The van der Waals surface area contributed by atoms with Gasteiger partial charge in [0.05, 0.1) is 14.2 Å². The summed E-state index contributed by atoms with van der Waals surface area (Å²) in [6.07, 6.45) is 1.53. The van der Waals surface area contributed by atoms with Gasteiger partial charge in [-0.1, -0.05) is 0 Å². The van der Waals surface area contributed by atoms with E-state index in [2.05, 4.69) is 15.5 Å². The minimum atomic E-state index is 0.465. The molecule has 0 amide bonds. The average Bonchev–Trinajstić information content (AvgIpc) is 3.06. The normalized spacial score (nSPS) is 10.8. The molecular weight excluding hydrogens is 248 g/mol. The zero-order valence-electron chi connectivity index (χ0n) is 10.5. The predicted octanol–water partition coefficient (Wildman–Crippen LogP) is 1.48. The summed E-state index contributed by atoms with van der Waals surface area (Å²) >= 11 is 0. The van der Waals surface area contributed by atoms with E-state index < -0.39 is 0 Å². The molecule has 0 radical (unpaired) electrons. The first kappa shape index (κ1) is 11.5. The van der Waals surface area contributed by atoms with Crippen molar-refractivity contribution in [2.45, 2.75) is 6.54 Å². The van der Waals surface area contributed by atoms with Crippen LogP contribution < -0.4 is 9.47 Å². The van der Waals surface area contributed by atoms with E-state index in [1.54, 1.807) is 18.9 Å². The van der Waals surface area contributed by atoms with Crippen molar-refractivity contribution < 1.29 is 13.9 Å². The number of furan rings is 1. The lowest BCUT2D eigenvalue weighted by Gasteiger charge is -2.06. The van der Waals surface area contributed by atoms with Crippen molar-refractivity contribution in [3.8, 4) is 11.5 Å². The fraction of sp³-hybridized carbons (Fsp3) is 0.250. The number of hydrogen-bond acceptors (Lipinski definition) is 6. The molecule has 98 valence electrons. The largest absolute Gasteiger partial charge is 0.493 e. The first-order valence-electron chi connectivity index (χ1n) is 5.66. The van der Waals surface area contributed by atoms with E-state index in [4.69, 9.17) is 13.9 Å².